The molecule has 21 heavy (non-hydrogen) atoms. The zero-order chi connectivity index (χ0) is 14.8. The number of thiophene rings is 1. The predicted octanol–water partition coefficient (Wildman–Crippen LogP) is 4.38. The summed E-state index contributed by atoms with van der Waals surface area (Å²) in [6.07, 6.45) is 0.986. The van der Waals surface area contributed by atoms with Crippen LogP contribution in [0.1, 0.15) is 25.7 Å². The molecule has 0 unspecified atom stereocenters. The standard InChI is InChI=1S/C16H15Cl2NOS/c17-8-14(20)16-7-12-10-19(6-5-15(12)21-16)9-11-3-1-2-4-13(11)18/h1-4,7H,5-6,8-10H2. The smallest absolute Gasteiger partial charge is 0.187 e. The van der Waals surface area contributed by atoms with E-state index in [-0.39, 0.29) is 11.7 Å². The molecule has 1 aromatic carbocycles. The quantitative estimate of drug-likeness (QED) is 0.608. The number of nitrogens with zero attached hydrogens (tertiary/aromatic N) is 1. The van der Waals surface area contributed by atoms with Gasteiger partial charge in [-0.25, -0.2) is 0 Å². The van der Waals surface area contributed by atoms with Gasteiger partial charge in [0.25, 0.3) is 0 Å². The lowest BCUT2D eigenvalue weighted by molar-refractivity contribution is 0.102. The Morgan fingerprint density at radius 3 is 2.90 bits per heavy atom. The van der Waals surface area contributed by atoms with E-state index in [0.717, 1.165) is 41.5 Å². The third-order valence-electron chi connectivity index (χ3n) is 3.69. The molecule has 5 heteroatoms. The van der Waals surface area contributed by atoms with Gasteiger partial charge in [0.05, 0.1) is 10.8 Å². The predicted molar refractivity (Wildman–Crippen MR) is 88.6 cm³/mol. The van der Waals surface area contributed by atoms with Crippen molar-refractivity contribution in [3.8, 4) is 0 Å². The third kappa shape index (κ3) is 3.32. The van der Waals surface area contributed by atoms with E-state index in [2.05, 4.69) is 11.0 Å². The number of benzene rings is 1. The first-order valence-electron chi connectivity index (χ1n) is 6.84. The molecule has 2 heterocycles. The van der Waals surface area contributed by atoms with Crippen molar-refractivity contribution in [2.24, 2.45) is 0 Å². The van der Waals surface area contributed by atoms with Crippen LogP contribution >= 0.6 is 34.5 Å². The molecule has 1 aromatic heterocycles. The number of ketones is 1. The van der Waals surface area contributed by atoms with Gasteiger partial charge in [0.1, 0.15) is 0 Å². The molecule has 110 valence electrons. The van der Waals surface area contributed by atoms with Gasteiger partial charge in [0, 0.05) is 29.5 Å². The minimum Gasteiger partial charge on any atom is -0.294 e. The highest BCUT2D eigenvalue weighted by Gasteiger charge is 2.21. The van der Waals surface area contributed by atoms with Gasteiger partial charge in [0.2, 0.25) is 0 Å². The van der Waals surface area contributed by atoms with E-state index >= 15 is 0 Å². The number of carbonyl (C=O) groups is 1. The van der Waals surface area contributed by atoms with Gasteiger partial charge < -0.3 is 0 Å². The highest BCUT2D eigenvalue weighted by atomic mass is 35.5. The van der Waals surface area contributed by atoms with Crippen LogP contribution in [0, 0.1) is 0 Å². The van der Waals surface area contributed by atoms with Crippen molar-refractivity contribution in [2.45, 2.75) is 19.5 Å². The summed E-state index contributed by atoms with van der Waals surface area (Å²) in [6, 6.07) is 9.95. The Labute approximate surface area is 138 Å². The number of alkyl halides is 1. The van der Waals surface area contributed by atoms with Gasteiger partial charge in [-0.2, -0.15) is 0 Å². The van der Waals surface area contributed by atoms with Gasteiger partial charge in [-0.1, -0.05) is 29.8 Å². The summed E-state index contributed by atoms with van der Waals surface area (Å²) < 4.78 is 0. The number of fused-ring (bicyclic) bond motifs is 1. The van der Waals surface area contributed by atoms with E-state index in [1.54, 1.807) is 11.3 Å². The maximum Gasteiger partial charge on any atom is 0.187 e. The summed E-state index contributed by atoms with van der Waals surface area (Å²) in [7, 11) is 0. The van der Waals surface area contributed by atoms with Crippen molar-refractivity contribution in [1.82, 2.24) is 4.90 Å². The second kappa shape index (κ2) is 6.49. The maximum absolute atomic E-state index is 11.7. The van der Waals surface area contributed by atoms with Crippen LogP contribution in [0.2, 0.25) is 5.02 Å². The van der Waals surface area contributed by atoms with Gasteiger partial charge in [-0.3, -0.25) is 9.69 Å². The molecule has 2 nitrogen and oxygen atoms in total. The molecular weight excluding hydrogens is 325 g/mol. The minimum atomic E-state index is 0.0220. The molecule has 1 aliphatic heterocycles. The average molecular weight is 340 g/mol. The van der Waals surface area contributed by atoms with Gasteiger partial charge >= 0.3 is 0 Å². The zero-order valence-corrected chi connectivity index (χ0v) is 13.8. The van der Waals surface area contributed by atoms with Gasteiger partial charge in [-0.15, -0.1) is 22.9 Å². The lowest BCUT2D eigenvalue weighted by atomic mass is 10.1. The van der Waals surface area contributed by atoms with Crippen LogP contribution in [0.3, 0.4) is 0 Å². The first-order chi connectivity index (χ1) is 10.2. The maximum atomic E-state index is 11.7. The second-order valence-corrected chi connectivity index (χ2v) is 6.98. The minimum absolute atomic E-state index is 0.0220. The summed E-state index contributed by atoms with van der Waals surface area (Å²) >= 11 is 13.5. The van der Waals surface area contributed by atoms with Crippen molar-refractivity contribution in [2.75, 3.05) is 12.4 Å². The van der Waals surface area contributed by atoms with E-state index in [0.29, 0.717) is 0 Å². The van der Waals surface area contributed by atoms with Crippen LogP contribution < -0.4 is 0 Å². The molecule has 0 radical (unpaired) electrons. The normalized spacial score (nSPS) is 15.0. The van der Waals surface area contributed by atoms with Crippen molar-refractivity contribution in [1.29, 1.82) is 0 Å². The molecule has 0 fully saturated rings. The number of hydrogen-bond acceptors (Lipinski definition) is 3. The number of hydrogen-bond donors (Lipinski definition) is 0. The van der Waals surface area contributed by atoms with Crippen LogP contribution in [0.25, 0.3) is 0 Å². The second-order valence-electron chi connectivity index (χ2n) is 5.17. The summed E-state index contributed by atoms with van der Waals surface area (Å²) in [4.78, 5) is 16.2. The molecule has 0 amide bonds. The Morgan fingerprint density at radius 2 is 2.14 bits per heavy atom. The van der Waals surface area contributed by atoms with Crippen molar-refractivity contribution in [3.63, 3.8) is 0 Å². The summed E-state index contributed by atoms with van der Waals surface area (Å²) in [5.41, 5.74) is 2.40. The SMILES string of the molecule is O=C(CCl)c1cc2c(s1)CCN(Cc1ccccc1Cl)C2. The molecule has 0 atom stereocenters. The van der Waals surface area contributed by atoms with E-state index < -0.39 is 0 Å². The van der Waals surface area contributed by atoms with Crippen LogP contribution in [0.5, 0.6) is 0 Å². The van der Waals surface area contributed by atoms with Gasteiger partial charge in [-0.05, 0) is 29.7 Å². The van der Waals surface area contributed by atoms with Crippen molar-refractivity contribution >= 4 is 40.3 Å². The molecule has 3 rings (SSSR count). The number of carbonyl (C=O) groups excluding carboxylic acids is 1. The average Bonchev–Trinajstić information content (AvgIpc) is 2.92. The van der Waals surface area contributed by atoms with Crippen molar-refractivity contribution in [3.05, 3.63) is 56.2 Å². The fourth-order valence-corrected chi connectivity index (χ4v) is 4.12. The summed E-state index contributed by atoms with van der Waals surface area (Å²) in [5, 5.41) is 0.812. The fraction of sp³-hybridized carbons (Fsp3) is 0.312. The fourth-order valence-electron chi connectivity index (χ4n) is 2.60. The highest BCUT2D eigenvalue weighted by Crippen LogP contribution is 2.30. The Morgan fingerprint density at radius 1 is 1.33 bits per heavy atom. The Bertz CT molecular complexity index is 668. The van der Waals surface area contributed by atoms with E-state index in [1.807, 2.05) is 24.3 Å². The molecule has 0 saturated carbocycles. The highest BCUT2D eigenvalue weighted by molar-refractivity contribution is 7.14. The van der Waals surface area contributed by atoms with Crippen LogP contribution in [0.4, 0.5) is 0 Å². The number of rotatable bonds is 4. The van der Waals surface area contributed by atoms with Crippen LogP contribution in [0.15, 0.2) is 30.3 Å². The topological polar surface area (TPSA) is 20.3 Å². The number of halogens is 2. The van der Waals surface area contributed by atoms with Crippen LogP contribution in [-0.2, 0) is 19.5 Å². The summed E-state index contributed by atoms with van der Waals surface area (Å²) in [5.74, 6) is 0.0802. The Kier molecular flexibility index (Phi) is 4.65. The molecular formula is C16H15Cl2NOS. The van der Waals surface area contributed by atoms with E-state index in [9.17, 15) is 4.79 Å². The number of Topliss-reactive ketones (excluding diaryl/α,β-unsaturated/α-hetero) is 1. The monoisotopic (exact) mass is 339 g/mol. The van der Waals surface area contributed by atoms with E-state index in [4.69, 9.17) is 23.2 Å². The molecule has 2 aromatic rings. The summed E-state index contributed by atoms with van der Waals surface area (Å²) in [6.45, 7) is 2.70. The van der Waals surface area contributed by atoms with Crippen LogP contribution in [-0.4, -0.2) is 23.1 Å². The third-order valence-corrected chi connectivity index (χ3v) is 5.58. The Balaban J connectivity index is 1.74. The zero-order valence-electron chi connectivity index (χ0n) is 11.4. The lowest BCUT2D eigenvalue weighted by Crippen LogP contribution is -2.29. The Hall–Kier alpha value is -0.870. The molecule has 0 saturated heterocycles. The first-order valence-corrected chi connectivity index (χ1v) is 8.57. The van der Waals surface area contributed by atoms with Crippen molar-refractivity contribution < 1.29 is 4.79 Å². The largest absolute Gasteiger partial charge is 0.294 e. The molecule has 0 bridgehead atoms. The van der Waals surface area contributed by atoms with Gasteiger partial charge in [0.15, 0.2) is 5.78 Å². The van der Waals surface area contributed by atoms with E-state index in [1.165, 1.54) is 10.4 Å². The first kappa shape index (κ1) is 15.0. The molecule has 0 spiro atoms. The lowest BCUT2D eigenvalue weighted by Gasteiger charge is -2.27. The molecule has 1 aliphatic rings. The molecule has 0 N–H and O–H groups in total. The molecule has 0 aliphatic carbocycles.